The molecule has 0 atom stereocenters. The SMILES string of the molecule is C#CCNC(=NCCc1ccc(-n2cccn2)cc1)NCC.I. The second-order valence-electron chi connectivity index (χ2n) is 4.69. The van der Waals surface area contributed by atoms with E-state index in [0.717, 1.165) is 24.6 Å². The lowest BCUT2D eigenvalue weighted by molar-refractivity contribution is 0.853. The molecule has 6 heteroatoms. The Morgan fingerprint density at radius 1 is 1.30 bits per heavy atom. The van der Waals surface area contributed by atoms with Crippen LogP contribution in [0.15, 0.2) is 47.7 Å². The monoisotopic (exact) mass is 423 g/mol. The molecule has 0 saturated heterocycles. The summed E-state index contributed by atoms with van der Waals surface area (Å²) < 4.78 is 1.84. The Labute approximate surface area is 154 Å². The van der Waals surface area contributed by atoms with Gasteiger partial charge in [0.1, 0.15) is 0 Å². The van der Waals surface area contributed by atoms with Crippen molar-refractivity contribution in [1.82, 2.24) is 20.4 Å². The normalized spacial score (nSPS) is 10.5. The van der Waals surface area contributed by atoms with Gasteiger partial charge in [-0.25, -0.2) is 4.68 Å². The average Bonchev–Trinajstić information content (AvgIpc) is 3.07. The number of halogens is 1. The predicted molar refractivity (Wildman–Crippen MR) is 105 cm³/mol. The van der Waals surface area contributed by atoms with Gasteiger partial charge in [0.25, 0.3) is 0 Å². The third-order valence-electron chi connectivity index (χ3n) is 3.08. The van der Waals surface area contributed by atoms with Crippen molar-refractivity contribution in [3.63, 3.8) is 0 Å². The van der Waals surface area contributed by atoms with Crippen molar-refractivity contribution in [1.29, 1.82) is 0 Å². The molecule has 2 N–H and O–H groups in total. The van der Waals surface area contributed by atoms with Crippen LogP contribution < -0.4 is 10.6 Å². The second-order valence-corrected chi connectivity index (χ2v) is 4.69. The van der Waals surface area contributed by atoms with E-state index in [1.165, 1.54) is 5.56 Å². The zero-order valence-corrected chi connectivity index (χ0v) is 15.5. The predicted octanol–water partition coefficient (Wildman–Crippen LogP) is 2.22. The van der Waals surface area contributed by atoms with Gasteiger partial charge in [0, 0.05) is 25.5 Å². The Bertz CT molecular complexity index is 626. The molecule has 0 unspecified atom stereocenters. The molecule has 0 aliphatic heterocycles. The van der Waals surface area contributed by atoms with Crippen LogP contribution in [0.3, 0.4) is 0 Å². The zero-order valence-electron chi connectivity index (χ0n) is 13.2. The lowest BCUT2D eigenvalue weighted by atomic mass is 10.1. The third-order valence-corrected chi connectivity index (χ3v) is 3.08. The van der Waals surface area contributed by atoms with E-state index < -0.39 is 0 Å². The van der Waals surface area contributed by atoms with E-state index in [4.69, 9.17) is 6.42 Å². The average molecular weight is 423 g/mol. The quantitative estimate of drug-likeness (QED) is 0.324. The molecular weight excluding hydrogens is 401 g/mol. The Morgan fingerprint density at radius 2 is 2.09 bits per heavy atom. The summed E-state index contributed by atoms with van der Waals surface area (Å²) in [6.07, 6.45) is 9.83. The molecular formula is C17H22IN5. The largest absolute Gasteiger partial charge is 0.357 e. The maximum atomic E-state index is 5.24. The highest BCUT2D eigenvalue weighted by Crippen LogP contribution is 2.09. The summed E-state index contributed by atoms with van der Waals surface area (Å²) >= 11 is 0. The first-order valence-electron chi connectivity index (χ1n) is 7.38. The van der Waals surface area contributed by atoms with E-state index in [1.807, 2.05) is 23.9 Å². The van der Waals surface area contributed by atoms with Crippen molar-refractivity contribution in [3.05, 3.63) is 48.3 Å². The van der Waals surface area contributed by atoms with Crippen molar-refractivity contribution in [2.75, 3.05) is 19.6 Å². The molecule has 1 aromatic heterocycles. The molecule has 2 rings (SSSR count). The van der Waals surface area contributed by atoms with Crippen LogP contribution in [0.5, 0.6) is 0 Å². The van der Waals surface area contributed by atoms with Gasteiger partial charge in [0.2, 0.25) is 0 Å². The van der Waals surface area contributed by atoms with Crippen molar-refractivity contribution >= 4 is 29.9 Å². The minimum absolute atomic E-state index is 0. The van der Waals surface area contributed by atoms with Crippen molar-refractivity contribution in [2.24, 2.45) is 4.99 Å². The molecule has 0 aliphatic carbocycles. The van der Waals surface area contributed by atoms with E-state index in [1.54, 1.807) is 6.20 Å². The topological polar surface area (TPSA) is 54.2 Å². The Hall–Kier alpha value is -2.01. The fraction of sp³-hybridized carbons (Fsp3) is 0.294. The maximum absolute atomic E-state index is 5.24. The van der Waals surface area contributed by atoms with Gasteiger partial charge in [-0.1, -0.05) is 18.1 Å². The number of aliphatic imine (C=N–C) groups is 1. The fourth-order valence-electron chi connectivity index (χ4n) is 2.01. The molecule has 5 nitrogen and oxygen atoms in total. The van der Waals surface area contributed by atoms with Crippen molar-refractivity contribution < 1.29 is 0 Å². The number of nitrogens with one attached hydrogen (secondary N) is 2. The summed E-state index contributed by atoms with van der Waals surface area (Å²) in [6, 6.07) is 10.2. The lowest BCUT2D eigenvalue weighted by Crippen LogP contribution is -2.37. The maximum Gasteiger partial charge on any atom is 0.192 e. The molecule has 2 aromatic rings. The van der Waals surface area contributed by atoms with Crippen LogP contribution in [0.2, 0.25) is 0 Å². The number of benzene rings is 1. The molecule has 0 amide bonds. The van der Waals surface area contributed by atoms with Crippen molar-refractivity contribution in [2.45, 2.75) is 13.3 Å². The highest BCUT2D eigenvalue weighted by molar-refractivity contribution is 14.0. The van der Waals surface area contributed by atoms with Gasteiger partial charge in [-0.3, -0.25) is 4.99 Å². The van der Waals surface area contributed by atoms with E-state index in [0.29, 0.717) is 13.1 Å². The van der Waals surface area contributed by atoms with E-state index >= 15 is 0 Å². The van der Waals surface area contributed by atoms with Crippen LogP contribution >= 0.6 is 24.0 Å². The third kappa shape index (κ3) is 6.32. The van der Waals surface area contributed by atoms with E-state index in [9.17, 15) is 0 Å². The van der Waals surface area contributed by atoms with Gasteiger partial charge in [0.05, 0.1) is 12.2 Å². The van der Waals surface area contributed by atoms with Gasteiger partial charge in [-0.05, 0) is 37.1 Å². The summed E-state index contributed by atoms with van der Waals surface area (Å²) in [4.78, 5) is 4.50. The van der Waals surface area contributed by atoms with E-state index in [2.05, 4.69) is 50.9 Å². The summed E-state index contributed by atoms with van der Waals surface area (Å²) in [5, 5.41) is 10.5. The number of hydrogen-bond acceptors (Lipinski definition) is 2. The van der Waals surface area contributed by atoms with Crippen LogP contribution in [-0.2, 0) is 6.42 Å². The standard InChI is InChI=1S/C17H21N5.HI/c1-3-11-19-17(18-4-2)20-13-10-15-6-8-16(9-7-15)22-14-5-12-21-22;/h1,5-9,12,14H,4,10-11,13H2,2H3,(H2,18,19,20);1H. The molecule has 1 heterocycles. The number of rotatable bonds is 6. The summed E-state index contributed by atoms with van der Waals surface area (Å²) in [6.45, 7) is 4.03. The van der Waals surface area contributed by atoms with E-state index in [-0.39, 0.29) is 24.0 Å². The highest BCUT2D eigenvalue weighted by Gasteiger charge is 1.98. The summed E-state index contributed by atoms with van der Waals surface area (Å²) in [5.41, 5.74) is 2.30. The number of hydrogen-bond donors (Lipinski definition) is 2. The lowest BCUT2D eigenvalue weighted by Gasteiger charge is -2.09. The van der Waals surface area contributed by atoms with Crippen LogP contribution in [0.1, 0.15) is 12.5 Å². The van der Waals surface area contributed by atoms with Crippen LogP contribution in [-0.4, -0.2) is 35.4 Å². The molecule has 0 aliphatic rings. The Kier molecular flexibility index (Phi) is 8.83. The molecule has 1 aromatic carbocycles. The smallest absolute Gasteiger partial charge is 0.192 e. The minimum Gasteiger partial charge on any atom is -0.357 e. The molecule has 23 heavy (non-hydrogen) atoms. The van der Waals surface area contributed by atoms with Crippen LogP contribution in [0.25, 0.3) is 5.69 Å². The molecule has 0 fully saturated rings. The number of terminal acetylenes is 1. The molecule has 0 radical (unpaired) electrons. The second kappa shape index (κ2) is 10.7. The molecule has 0 bridgehead atoms. The van der Waals surface area contributed by atoms with Crippen molar-refractivity contribution in [3.8, 4) is 18.0 Å². The first-order valence-corrected chi connectivity index (χ1v) is 7.38. The first kappa shape index (κ1) is 19.0. The minimum atomic E-state index is 0. The van der Waals surface area contributed by atoms with Gasteiger partial charge in [-0.2, -0.15) is 5.10 Å². The molecule has 0 saturated carbocycles. The van der Waals surface area contributed by atoms with Gasteiger partial charge in [-0.15, -0.1) is 30.4 Å². The number of nitrogens with zero attached hydrogens (tertiary/aromatic N) is 3. The Morgan fingerprint density at radius 3 is 2.70 bits per heavy atom. The highest BCUT2D eigenvalue weighted by atomic mass is 127. The number of guanidine groups is 1. The van der Waals surface area contributed by atoms with Crippen LogP contribution in [0, 0.1) is 12.3 Å². The van der Waals surface area contributed by atoms with Gasteiger partial charge < -0.3 is 10.6 Å². The zero-order chi connectivity index (χ0) is 15.6. The van der Waals surface area contributed by atoms with Gasteiger partial charge >= 0.3 is 0 Å². The Balaban J connectivity index is 0.00000264. The summed E-state index contributed by atoms with van der Waals surface area (Å²) in [7, 11) is 0. The summed E-state index contributed by atoms with van der Waals surface area (Å²) in [5.74, 6) is 3.30. The molecule has 122 valence electrons. The van der Waals surface area contributed by atoms with Crippen LogP contribution in [0.4, 0.5) is 0 Å². The fourth-order valence-corrected chi connectivity index (χ4v) is 2.01. The molecule has 0 spiro atoms. The first-order chi connectivity index (χ1) is 10.8. The number of aromatic nitrogens is 2. The van der Waals surface area contributed by atoms with Gasteiger partial charge in [0.15, 0.2) is 5.96 Å².